The van der Waals surface area contributed by atoms with Crippen LogP contribution in [0, 0.1) is 17.3 Å². The summed E-state index contributed by atoms with van der Waals surface area (Å²) >= 11 is 5.77. The third-order valence-corrected chi connectivity index (χ3v) is 2.94. The minimum absolute atomic E-state index is 0.213. The molecule has 0 aliphatic carbocycles. The van der Waals surface area contributed by atoms with Gasteiger partial charge in [0.25, 0.3) is 0 Å². The zero-order chi connectivity index (χ0) is 14.5. The Kier molecular flexibility index (Phi) is 5.14. The topological polar surface area (TPSA) is 43.4 Å². The van der Waals surface area contributed by atoms with E-state index in [9.17, 15) is 9.59 Å². The van der Waals surface area contributed by atoms with E-state index in [2.05, 4.69) is 11.8 Å². The molecule has 0 heterocycles. The predicted molar refractivity (Wildman–Crippen MR) is 73.8 cm³/mol. The van der Waals surface area contributed by atoms with Crippen molar-refractivity contribution in [3.63, 3.8) is 0 Å². The van der Waals surface area contributed by atoms with Gasteiger partial charge in [0, 0.05) is 10.6 Å². The molecule has 19 heavy (non-hydrogen) atoms. The number of ether oxygens (including phenoxy) is 1. The van der Waals surface area contributed by atoms with Crippen LogP contribution in [-0.2, 0) is 14.3 Å². The lowest BCUT2D eigenvalue weighted by molar-refractivity contribution is -0.154. The van der Waals surface area contributed by atoms with E-state index in [4.69, 9.17) is 16.3 Å². The van der Waals surface area contributed by atoms with Crippen molar-refractivity contribution in [2.75, 3.05) is 6.61 Å². The highest BCUT2D eigenvalue weighted by Crippen LogP contribution is 2.19. The first kappa shape index (κ1) is 15.3. The number of carbonyl (C=O) groups is 2. The fourth-order valence-corrected chi connectivity index (χ4v) is 1.41. The first-order valence-corrected chi connectivity index (χ1v) is 6.25. The van der Waals surface area contributed by atoms with E-state index in [1.165, 1.54) is 13.8 Å². The molecule has 0 aromatic heterocycles. The zero-order valence-electron chi connectivity index (χ0n) is 11.1. The van der Waals surface area contributed by atoms with Crippen LogP contribution in [0.3, 0.4) is 0 Å². The van der Waals surface area contributed by atoms with Gasteiger partial charge in [-0.2, -0.15) is 0 Å². The Balaban J connectivity index is 3.06. The van der Waals surface area contributed by atoms with Crippen LogP contribution in [0.1, 0.15) is 26.3 Å². The second-order valence-electron chi connectivity index (χ2n) is 4.16. The van der Waals surface area contributed by atoms with E-state index in [0.29, 0.717) is 10.6 Å². The number of Topliss-reactive ketones (excluding diaryl/α,β-unsaturated/α-hetero) is 1. The number of esters is 1. The Morgan fingerprint density at radius 1 is 1.32 bits per heavy atom. The van der Waals surface area contributed by atoms with Gasteiger partial charge < -0.3 is 4.74 Å². The summed E-state index contributed by atoms with van der Waals surface area (Å²) in [6.45, 7) is 4.69. The van der Waals surface area contributed by atoms with Crippen molar-refractivity contribution >= 4 is 23.4 Å². The third kappa shape index (κ3) is 3.84. The zero-order valence-corrected chi connectivity index (χ0v) is 11.9. The van der Waals surface area contributed by atoms with Crippen LogP contribution in [0.5, 0.6) is 0 Å². The van der Waals surface area contributed by atoms with Crippen LogP contribution in [0.25, 0.3) is 0 Å². The van der Waals surface area contributed by atoms with Crippen molar-refractivity contribution in [3.05, 3.63) is 34.9 Å². The van der Waals surface area contributed by atoms with Gasteiger partial charge in [0.15, 0.2) is 11.2 Å². The summed E-state index contributed by atoms with van der Waals surface area (Å²) in [5, 5.41) is 0.602. The summed E-state index contributed by atoms with van der Waals surface area (Å²) in [4.78, 5) is 23.4. The van der Waals surface area contributed by atoms with E-state index >= 15 is 0 Å². The molecule has 1 atom stereocenters. The van der Waals surface area contributed by atoms with Crippen LogP contribution in [0.2, 0.25) is 5.02 Å². The third-order valence-electron chi connectivity index (χ3n) is 2.69. The predicted octanol–water partition coefficient (Wildman–Crippen LogP) is 2.85. The Bertz CT molecular complexity index is 537. The van der Waals surface area contributed by atoms with Crippen LogP contribution in [-0.4, -0.2) is 18.4 Å². The Morgan fingerprint density at radius 3 is 2.37 bits per heavy atom. The minimum atomic E-state index is -1.43. The van der Waals surface area contributed by atoms with Crippen molar-refractivity contribution in [1.29, 1.82) is 0 Å². The molecule has 0 amide bonds. The van der Waals surface area contributed by atoms with Crippen LogP contribution < -0.4 is 0 Å². The van der Waals surface area contributed by atoms with Gasteiger partial charge in [0.2, 0.25) is 0 Å². The molecular formula is C15H15ClO3. The normalized spacial score (nSPS) is 12.8. The van der Waals surface area contributed by atoms with Gasteiger partial charge in [-0.15, -0.1) is 0 Å². The first-order chi connectivity index (χ1) is 8.90. The fraction of sp³-hybridized carbons (Fsp3) is 0.333. The summed E-state index contributed by atoms with van der Waals surface area (Å²) in [7, 11) is 0. The van der Waals surface area contributed by atoms with Gasteiger partial charge in [0.1, 0.15) is 0 Å². The maximum absolute atomic E-state index is 11.8. The first-order valence-electron chi connectivity index (χ1n) is 5.87. The van der Waals surface area contributed by atoms with E-state index < -0.39 is 11.4 Å². The number of carbonyl (C=O) groups excluding carboxylic acids is 2. The summed E-state index contributed by atoms with van der Waals surface area (Å²) in [5.41, 5.74) is -0.753. The van der Waals surface area contributed by atoms with Gasteiger partial charge in [0.05, 0.1) is 6.61 Å². The fourth-order valence-electron chi connectivity index (χ4n) is 1.29. The van der Waals surface area contributed by atoms with Gasteiger partial charge in [-0.05, 0) is 45.0 Å². The van der Waals surface area contributed by atoms with Gasteiger partial charge in [-0.25, -0.2) is 4.79 Å². The van der Waals surface area contributed by atoms with Crippen molar-refractivity contribution in [1.82, 2.24) is 0 Å². The second-order valence-corrected chi connectivity index (χ2v) is 4.59. The average molecular weight is 279 g/mol. The molecular weight excluding hydrogens is 264 g/mol. The molecule has 0 unspecified atom stereocenters. The maximum atomic E-state index is 11.8. The van der Waals surface area contributed by atoms with E-state index in [1.54, 1.807) is 31.2 Å². The Labute approximate surface area is 117 Å². The van der Waals surface area contributed by atoms with Gasteiger partial charge in [-0.3, -0.25) is 4.79 Å². The molecule has 0 aliphatic rings. The summed E-state index contributed by atoms with van der Waals surface area (Å²) < 4.78 is 4.89. The maximum Gasteiger partial charge on any atom is 0.331 e. The molecule has 0 saturated heterocycles. The lowest BCUT2D eigenvalue weighted by atomic mass is 9.87. The van der Waals surface area contributed by atoms with Gasteiger partial charge in [-0.1, -0.05) is 23.4 Å². The van der Waals surface area contributed by atoms with E-state index in [-0.39, 0.29) is 12.4 Å². The highest BCUT2D eigenvalue weighted by molar-refractivity contribution is 6.30. The minimum Gasteiger partial charge on any atom is -0.465 e. The van der Waals surface area contributed by atoms with Crippen LogP contribution >= 0.6 is 11.6 Å². The Morgan fingerprint density at radius 2 is 1.89 bits per heavy atom. The average Bonchev–Trinajstić information content (AvgIpc) is 2.37. The molecule has 1 aromatic rings. The number of ketones is 1. The molecule has 4 heteroatoms. The molecule has 1 aromatic carbocycles. The summed E-state index contributed by atoms with van der Waals surface area (Å²) in [6, 6.07) is 6.84. The van der Waals surface area contributed by atoms with Crippen molar-refractivity contribution in [2.45, 2.75) is 20.8 Å². The van der Waals surface area contributed by atoms with Crippen molar-refractivity contribution in [3.8, 4) is 11.8 Å². The Hall–Kier alpha value is -1.79. The standard InChI is InChI=1S/C15H15ClO3/c1-4-19-14(18)15(3,11(2)17)10-9-12-5-7-13(16)8-6-12/h5-8H,4H2,1-3H3/t15-/m1/s1. The quantitative estimate of drug-likeness (QED) is 0.485. The molecule has 0 saturated carbocycles. The second kappa shape index (κ2) is 6.40. The van der Waals surface area contributed by atoms with E-state index in [1.807, 2.05) is 0 Å². The molecule has 0 N–H and O–H groups in total. The lowest BCUT2D eigenvalue weighted by Gasteiger charge is -2.17. The van der Waals surface area contributed by atoms with Gasteiger partial charge >= 0.3 is 5.97 Å². The number of halogens is 1. The molecule has 1 rings (SSSR count). The molecule has 0 bridgehead atoms. The molecule has 0 fully saturated rings. The van der Waals surface area contributed by atoms with E-state index in [0.717, 1.165) is 0 Å². The number of benzene rings is 1. The lowest BCUT2D eigenvalue weighted by Crippen LogP contribution is -2.35. The molecule has 0 aliphatic heterocycles. The summed E-state index contributed by atoms with van der Waals surface area (Å²) in [6.07, 6.45) is 0. The highest BCUT2D eigenvalue weighted by Gasteiger charge is 2.38. The molecule has 3 nitrogen and oxygen atoms in total. The van der Waals surface area contributed by atoms with Crippen molar-refractivity contribution in [2.24, 2.45) is 5.41 Å². The highest BCUT2D eigenvalue weighted by atomic mass is 35.5. The number of rotatable bonds is 3. The molecule has 0 radical (unpaired) electrons. The largest absolute Gasteiger partial charge is 0.465 e. The monoisotopic (exact) mass is 278 g/mol. The molecule has 0 spiro atoms. The molecule has 100 valence electrons. The summed E-state index contributed by atoms with van der Waals surface area (Å²) in [5.74, 6) is 4.54. The smallest absolute Gasteiger partial charge is 0.331 e. The van der Waals surface area contributed by atoms with Crippen LogP contribution in [0.15, 0.2) is 24.3 Å². The van der Waals surface area contributed by atoms with Crippen molar-refractivity contribution < 1.29 is 14.3 Å². The number of hydrogen-bond donors (Lipinski definition) is 0. The van der Waals surface area contributed by atoms with Crippen LogP contribution in [0.4, 0.5) is 0 Å². The number of hydrogen-bond acceptors (Lipinski definition) is 3. The SMILES string of the molecule is CCOC(=O)[C@](C)(C#Cc1ccc(Cl)cc1)C(C)=O.